The normalized spacial score (nSPS) is 36.2. The maximum absolute atomic E-state index is 10.6. The molecule has 5 nitrogen and oxygen atoms in total. The second-order valence-electron chi connectivity index (χ2n) is 5.99. The molecule has 19 heavy (non-hydrogen) atoms. The zero-order valence-electron chi connectivity index (χ0n) is 12.1. The van der Waals surface area contributed by atoms with Crippen molar-refractivity contribution in [1.82, 2.24) is 4.90 Å². The van der Waals surface area contributed by atoms with Gasteiger partial charge in [-0.05, 0) is 46.6 Å². The van der Waals surface area contributed by atoms with Gasteiger partial charge in [0, 0.05) is 12.5 Å². The largest absolute Gasteiger partial charge is 0.481 e. The Labute approximate surface area is 114 Å². The number of hydrogen-bond acceptors (Lipinski definition) is 4. The molecule has 0 aromatic rings. The predicted octanol–water partition coefficient (Wildman–Crippen LogP) is 1.86. The van der Waals surface area contributed by atoms with Crippen molar-refractivity contribution in [2.75, 3.05) is 13.2 Å². The Balaban J connectivity index is 1.94. The van der Waals surface area contributed by atoms with Gasteiger partial charge in [0.05, 0.1) is 18.8 Å². The van der Waals surface area contributed by atoms with Crippen LogP contribution in [0.15, 0.2) is 0 Å². The summed E-state index contributed by atoms with van der Waals surface area (Å²) in [6.45, 7) is 7.98. The molecule has 2 rings (SSSR count). The number of rotatable bonds is 5. The number of likely N-dealkylation sites (tertiary alicyclic amines) is 1. The molecule has 110 valence electrons. The van der Waals surface area contributed by atoms with Gasteiger partial charge in [0.25, 0.3) is 0 Å². The van der Waals surface area contributed by atoms with Crippen LogP contribution < -0.4 is 0 Å². The van der Waals surface area contributed by atoms with Gasteiger partial charge in [0.1, 0.15) is 0 Å². The molecule has 2 fully saturated rings. The molecule has 0 saturated carbocycles. The highest BCUT2D eigenvalue weighted by Gasteiger charge is 2.48. The van der Waals surface area contributed by atoms with E-state index in [1.165, 1.54) is 6.42 Å². The third-order valence-electron chi connectivity index (χ3n) is 4.20. The standard InChI is InChI=1S/C14H25NO4/c1-10(2)15-8-4-5-12(15)14(3)18-9-11(19-14)6-7-13(16)17/h10-12H,4-9H2,1-3H3,(H,16,17). The molecule has 0 aliphatic carbocycles. The van der Waals surface area contributed by atoms with Crippen LogP contribution in [0, 0.1) is 0 Å². The maximum Gasteiger partial charge on any atom is 0.303 e. The van der Waals surface area contributed by atoms with Gasteiger partial charge in [-0.3, -0.25) is 9.69 Å². The highest BCUT2D eigenvalue weighted by molar-refractivity contribution is 5.66. The van der Waals surface area contributed by atoms with E-state index in [2.05, 4.69) is 18.7 Å². The number of carboxylic acid groups (broad SMARTS) is 1. The second-order valence-corrected chi connectivity index (χ2v) is 5.99. The Hall–Kier alpha value is -0.650. The Morgan fingerprint density at radius 1 is 1.53 bits per heavy atom. The van der Waals surface area contributed by atoms with Crippen LogP contribution in [0.3, 0.4) is 0 Å². The van der Waals surface area contributed by atoms with E-state index in [9.17, 15) is 4.79 Å². The average Bonchev–Trinajstić information content (AvgIpc) is 2.93. The van der Waals surface area contributed by atoms with Crippen LogP contribution in [0.25, 0.3) is 0 Å². The molecule has 0 aromatic heterocycles. The summed E-state index contributed by atoms with van der Waals surface area (Å²) in [5, 5.41) is 8.73. The summed E-state index contributed by atoms with van der Waals surface area (Å²) in [4.78, 5) is 13.0. The SMILES string of the molecule is CC(C)N1CCCC1C1(C)OCC(CCC(=O)O)O1. The smallest absolute Gasteiger partial charge is 0.303 e. The summed E-state index contributed by atoms with van der Waals surface area (Å²) in [6, 6.07) is 0.761. The lowest BCUT2D eigenvalue weighted by molar-refractivity contribution is -0.195. The summed E-state index contributed by atoms with van der Waals surface area (Å²) >= 11 is 0. The lowest BCUT2D eigenvalue weighted by atomic mass is 10.1. The Kier molecular flexibility index (Phi) is 4.48. The van der Waals surface area contributed by atoms with Gasteiger partial charge in [0.15, 0.2) is 5.79 Å². The highest BCUT2D eigenvalue weighted by atomic mass is 16.7. The molecule has 1 N–H and O–H groups in total. The number of hydrogen-bond donors (Lipinski definition) is 1. The molecule has 3 atom stereocenters. The van der Waals surface area contributed by atoms with Crippen molar-refractivity contribution in [3.8, 4) is 0 Å². The Morgan fingerprint density at radius 3 is 2.89 bits per heavy atom. The molecule has 2 aliphatic rings. The third kappa shape index (κ3) is 3.27. The summed E-state index contributed by atoms with van der Waals surface area (Å²) in [5.74, 6) is -1.36. The molecule has 0 bridgehead atoms. The fraction of sp³-hybridized carbons (Fsp3) is 0.929. The zero-order valence-corrected chi connectivity index (χ0v) is 12.1. The van der Waals surface area contributed by atoms with Crippen molar-refractivity contribution >= 4 is 5.97 Å². The van der Waals surface area contributed by atoms with Gasteiger partial charge >= 0.3 is 5.97 Å². The highest BCUT2D eigenvalue weighted by Crippen LogP contribution is 2.37. The first-order valence-corrected chi connectivity index (χ1v) is 7.21. The zero-order chi connectivity index (χ0) is 14.0. The number of ether oxygens (including phenoxy) is 2. The molecular weight excluding hydrogens is 246 g/mol. The van der Waals surface area contributed by atoms with E-state index >= 15 is 0 Å². The van der Waals surface area contributed by atoms with Gasteiger partial charge < -0.3 is 14.6 Å². The predicted molar refractivity (Wildman–Crippen MR) is 71.0 cm³/mol. The first-order chi connectivity index (χ1) is 8.92. The van der Waals surface area contributed by atoms with E-state index < -0.39 is 11.8 Å². The quantitative estimate of drug-likeness (QED) is 0.827. The fourth-order valence-electron chi connectivity index (χ4n) is 3.23. The molecular formula is C14H25NO4. The lowest BCUT2D eigenvalue weighted by Crippen LogP contribution is -2.51. The molecule has 2 saturated heterocycles. The summed E-state index contributed by atoms with van der Waals surface area (Å²) in [5.41, 5.74) is 0. The average molecular weight is 271 g/mol. The van der Waals surface area contributed by atoms with Gasteiger partial charge in [-0.1, -0.05) is 0 Å². The summed E-state index contributed by atoms with van der Waals surface area (Å²) < 4.78 is 11.9. The molecule has 2 heterocycles. The van der Waals surface area contributed by atoms with Crippen LogP contribution in [0.2, 0.25) is 0 Å². The van der Waals surface area contributed by atoms with Crippen molar-refractivity contribution in [3.05, 3.63) is 0 Å². The monoisotopic (exact) mass is 271 g/mol. The number of carboxylic acids is 1. The van der Waals surface area contributed by atoms with Crippen LogP contribution in [-0.4, -0.2) is 53.1 Å². The van der Waals surface area contributed by atoms with E-state index in [1.54, 1.807) is 0 Å². The van der Waals surface area contributed by atoms with Crippen LogP contribution in [0.4, 0.5) is 0 Å². The number of nitrogens with zero attached hydrogens (tertiary/aromatic N) is 1. The molecule has 2 aliphatic heterocycles. The topological polar surface area (TPSA) is 59.0 Å². The molecule has 0 aromatic carbocycles. The number of aliphatic carboxylic acids is 1. The molecule has 5 heteroatoms. The van der Waals surface area contributed by atoms with Gasteiger partial charge in [-0.25, -0.2) is 0 Å². The third-order valence-corrected chi connectivity index (χ3v) is 4.20. The minimum absolute atomic E-state index is 0.0873. The fourth-order valence-corrected chi connectivity index (χ4v) is 3.23. The van der Waals surface area contributed by atoms with Gasteiger partial charge in [0.2, 0.25) is 0 Å². The first kappa shape index (κ1) is 14.8. The summed E-state index contributed by atoms with van der Waals surface area (Å²) in [7, 11) is 0. The minimum Gasteiger partial charge on any atom is -0.481 e. The minimum atomic E-state index is -0.776. The van der Waals surface area contributed by atoms with Crippen molar-refractivity contribution in [3.63, 3.8) is 0 Å². The summed E-state index contributed by atoms with van der Waals surface area (Å²) in [6.07, 6.45) is 2.84. The van der Waals surface area contributed by atoms with Crippen LogP contribution in [-0.2, 0) is 14.3 Å². The van der Waals surface area contributed by atoms with Crippen molar-refractivity contribution < 1.29 is 19.4 Å². The van der Waals surface area contributed by atoms with Crippen molar-refractivity contribution in [1.29, 1.82) is 0 Å². The van der Waals surface area contributed by atoms with E-state index in [1.807, 2.05) is 6.92 Å². The van der Waals surface area contributed by atoms with Crippen molar-refractivity contribution in [2.45, 2.75) is 70.4 Å². The van der Waals surface area contributed by atoms with Gasteiger partial charge in [-0.2, -0.15) is 0 Å². The maximum atomic E-state index is 10.6. The Bertz CT molecular complexity index is 333. The van der Waals surface area contributed by atoms with E-state index in [0.29, 0.717) is 19.1 Å². The Morgan fingerprint density at radius 2 is 2.26 bits per heavy atom. The van der Waals surface area contributed by atoms with Gasteiger partial charge in [-0.15, -0.1) is 0 Å². The lowest BCUT2D eigenvalue weighted by Gasteiger charge is -2.38. The molecule has 0 amide bonds. The van der Waals surface area contributed by atoms with Crippen molar-refractivity contribution in [2.24, 2.45) is 0 Å². The van der Waals surface area contributed by atoms with E-state index in [0.717, 1.165) is 13.0 Å². The second kappa shape index (κ2) is 5.77. The van der Waals surface area contributed by atoms with Crippen LogP contribution in [0.5, 0.6) is 0 Å². The molecule has 0 radical (unpaired) electrons. The first-order valence-electron chi connectivity index (χ1n) is 7.21. The van der Waals surface area contributed by atoms with Crippen LogP contribution in [0.1, 0.15) is 46.5 Å². The van der Waals surface area contributed by atoms with Crippen LogP contribution >= 0.6 is 0 Å². The van der Waals surface area contributed by atoms with E-state index in [-0.39, 0.29) is 18.6 Å². The number of carbonyl (C=O) groups is 1. The molecule has 0 spiro atoms. The molecule has 3 unspecified atom stereocenters. The van der Waals surface area contributed by atoms with E-state index in [4.69, 9.17) is 14.6 Å².